The lowest BCUT2D eigenvalue weighted by atomic mass is 10.2. The molecule has 3 aromatic rings. The molecule has 0 saturated carbocycles. The van der Waals surface area contributed by atoms with E-state index in [0.717, 1.165) is 42.1 Å². The van der Waals surface area contributed by atoms with Gasteiger partial charge in [-0.25, -0.2) is 4.98 Å². The molecule has 160 valence electrons. The van der Waals surface area contributed by atoms with E-state index < -0.39 is 0 Å². The van der Waals surface area contributed by atoms with Crippen molar-refractivity contribution >= 4 is 16.9 Å². The maximum absolute atomic E-state index is 12.5. The first-order valence-electron chi connectivity index (χ1n) is 10.6. The SMILES string of the molecule is CC(C)Oc1ccc(C(=O)NCCc2nc3ccccc3n2CCCN(C)C)cc1. The number of carbonyl (C=O) groups excluding carboxylic acids is 1. The van der Waals surface area contributed by atoms with E-state index >= 15 is 0 Å². The predicted molar refractivity (Wildman–Crippen MR) is 121 cm³/mol. The van der Waals surface area contributed by atoms with Gasteiger partial charge in [0.15, 0.2) is 0 Å². The summed E-state index contributed by atoms with van der Waals surface area (Å²) < 4.78 is 7.91. The van der Waals surface area contributed by atoms with Gasteiger partial charge < -0.3 is 19.5 Å². The van der Waals surface area contributed by atoms with Gasteiger partial charge in [0.05, 0.1) is 17.1 Å². The summed E-state index contributed by atoms with van der Waals surface area (Å²) in [6, 6.07) is 15.5. The lowest BCUT2D eigenvalue weighted by Gasteiger charge is -2.13. The van der Waals surface area contributed by atoms with Crippen molar-refractivity contribution in [1.29, 1.82) is 0 Å². The molecule has 0 aliphatic rings. The van der Waals surface area contributed by atoms with Crippen molar-refractivity contribution in [1.82, 2.24) is 19.8 Å². The van der Waals surface area contributed by atoms with Crippen molar-refractivity contribution in [3.05, 3.63) is 59.9 Å². The highest BCUT2D eigenvalue weighted by atomic mass is 16.5. The lowest BCUT2D eigenvalue weighted by Crippen LogP contribution is -2.26. The van der Waals surface area contributed by atoms with Crippen LogP contribution in [0.15, 0.2) is 48.5 Å². The second-order valence-electron chi connectivity index (χ2n) is 8.02. The average molecular weight is 409 g/mol. The molecule has 30 heavy (non-hydrogen) atoms. The normalized spacial score (nSPS) is 11.4. The molecule has 6 heteroatoms. The quantitative estimate of drug-likeness (QED) is 0.555. The van der Waals surface area contributed by atoms with Crippen molar-refractivity contribution in [3.8, 4) is 5.75 Å². The third-order valence-electron chi connectivity index (χ3n) is 4.84. The highest BCUT2D eigenvalue weighted by Gasteiger charge is 2.12. The maximum Gasteiger partial charge on any atom is 0.251 e. The van der Waals surface area contributed by atoms with Gasteiger partial charge in [-0.1, -0.05) is 12.1 Å². The van der Waals surface area contributed by atoms with Crippen LogP contribution in [0.1, 0.15) is 36.5 Å². The molecule has 0 aliphatic carbocycles. The Morgan fingerprint density at radius 3 is 2.57 bits per heavy atom. The molecule has 0 atom stereocenters. The van der Waals surface area contributed by atoms with Crippen LogP contribution in [-0.2, 0) is 13.0 Å². The fourth-order valence-corrected chi connectivity index (χ4v) is 3.46. The van der Waals surface area contributed by atoms with Gasteiger partial charge >= 0.3 is 0 Å². The molecular weight excluding hydrogens is 376 g/mol. The smallest absolute Gasteiger partial charge is 0.251 e. The van der Waals surface area contributed by atoms with Crippen LogP contribution in [0, 0.1) is 0 Å². The number of aryl methyl sites for hydroxylation is 1. The number of carbonyl (C=O) groups is 1. The zero-order valence-corrected chi connectivity index (χ0v) is 18.4. The van der Waals surface area contributed by atoms with E-state index in [0.29, 0.717) is 18.5 Å². The summed E-state index contributed by atoms with van der Waals surface area (Å²) >= 11 is 0. The Bertz CT molecular complexity index is 961. The molecule has 0 aliphatic heterocycles. The van der Waals surface area contributed by atoms with Crippen LogP contribution in [0.2, 0.25) is 0 Å². The number of ether oxygens (including phenoxy) is 1. The molecule has 0 bridgehead atoms. The lowest BCUT2D eigenvalue weighted by molar-refractivity contribution is 0.0954. The van der Waals surface area contributed by atoms with E-state index in [-0.39, 0.29) is 12.0 Å². The van der Waals surface area contributed by atoms with Crippen LogP contribution < -0.4 is 10.1 Å². The van der Waals surface area contributed by atoms with E-state index in [1.165, 1.54) is 0 Å². The van der Waals surface area contributed by atoms with Crippen molar-refractivity contribution in [2.45, 2.75) is 39.3 Å². The number of nitrogens with one attached hydrogen (secondary N) is 1. The van der Waals surface area contributed by atoms with E-state index in [2.05, 4.69) is 34.9 Å². The molecule has 0 spiro atoms. The first-order chi connectivity index (χ1) is 14.4. The Kier molecular flexibility index (Phi) is 7.46. The number of hydrogen-bond acceptors (Lipinski definition) is 4. The molecule has 1 N–H and O–H groups in total. The summed E-state index contributed by atoms with van der Waals surface area (Å²) in [6.07, 6.45) is 1.86. The average Bonchev–Trinajstić information content (AvgIpc) is 3.05. The summed E-state index contributed by atoms with van der Waals surface area (Å²) in [5.74, 6) is 1.70. The maximum atomic E-state index is 12.5. The molecule has 0 fully saturated rings. The van der Waals surface area contributed by atoms with Gasteiger partial charge in [-0.2, -0.15) is 0 Å². The van der Waals surface area contributed by atoms with Gasteiger partial charge in [0, 0.05) is 25.1 Å². The number of rotatable bonds is 10. The van der Waals surface area contributed by atoms with Crippen LogP contribution in [0.25, 0.3) is 11.0 Å². The number of benzene rings is 2. The Hall–Kier alpha value is -2.86. The fraction of sp³-hybridized carbons (Fsp3) is 0.417. The number of aromatic nitrogens is 2. The van der Waals surface area contributed by atoms with Crippen LogP contribution >= 0.6 is 0 Å². The predicted octanol–water partition coefficient (Wildman–Crippen LogP) is 3.75. The summed E-state index contributed by atoms with van der Waals surface area (Å²) in [5, 5.41) is 3.01. The Morgan fingerprint density at radius 1 is 1.13 bits per heavy atom. The third kappa shape index (κ3) is 5.83. The number of imidazole rings is 1. The zero-order chi connectivity index (χ0) is 21.5. The van der Waals surface area contributed by atoms with Crippen LogP contribution in [0.5, 0.6) is 5.75 Å². The molecule has 1 amide bonds. The molecule has 2 aromatic carbocycles. The number of amides is 1. The fourth-order valence-electron chi connectivity index (χ4n) is 3.46. The van der Waals surface area contributed by atoms with Crippen LogP contribution in [0.3, 0.4) is 0 Å². The standard InChI is InChI=1S/C24H32N4O2/c1-18(2)30-20-12-10-19(11-13-20)24(29)25-15-14-23-26-21-8-5-6-9-22(21)28(23)17-7-16-27(3)4/h5-6,8-13,18H,7,14-17H2,1-4H3,(H,25,29). The second-order valence-corrected chi connectivity index (χ2v) is 8.02. The number of hydrogen-bond donors (Lipinski definition) is 1. The molecule has 1 heterocycles. The van der Waals surface area contributed by atoms with Crippen LogP contribution in [-0.4, -0.2) is 53.6 Å². The Balaban J connectivity index is 1.61. The summed E-state index contributed by atoms with van der Waals surface area (Å²) in [5.41, 5.74) is 2.79. The minimum absolute atomic E-state index is 0.0821. The topological polar surface area (TPSA) is 59.4 Å². The molecule has 3 rings (SSSR count). The first-order valence-corrected chi connectivity index (χ1v) is 10.6. The van der Waals surface area contributed by atoms with Gasteiger partial charge in [0.1, 0.15) is 11.6 Å². The van der Waals surface area contributed by atoms with Gasteiger partial charge in [0.25, 0.3) is 5.91 Å². The van der Waals surface area contributed by atoms with Gasteiger partial charge in [0.2, 0.25) is 0 Å². The van der Waals surface area contributed by atoms with Gasteiger partial charge in [-0.3, -0.25) is 4.79 Å². The molecule has 0 unspecified atom stereocenters. The van der Waals surface area contributed by atoms with E-state index in [4.69, 9.17) is 9.72 Å². The molecule has 0 saturated heterocycles. The zero-order valence-electron chi connectivity index (χ0n) is 18.4. The van der Waals surface area contributed by atoms with Gasteiger partial charge in [-0.05, 0) is 77.3 Å². The molecule has 0 radical (unpaired) electrons. The van der Waals surface area contributed by atoms with Crippen molar-refractivity contribution in [3.63, 3.8) is 0 Å². The molecule has 1 aromatic heterocycles. The largest absolute Gasteiger partial charge is 0.491 e. The van der Waals surface area contributed by atoms with Crippen molar-refractivity contribution in [2.75, 3.05) is 27.2 Å². The number of nitrogens with zero attached hydrogens (tertiary/aromatic N) is 3. The number of fused-ring (bicyclic) bond motifs is 1. The van der Waals surface area contributed by atoms with E-state index in [1.807, 2.05) is 44.2 Å². The molecule has 6 nitrogen and oxygen atoms in total. The van der Waals surface area contributed by atoms with Crippen molar-refractivity contribution in [2.24, 2.45) is 0 Å². The monoisotopic (exact) mass is 408 g/mol. The Labute approximate surface area is 178 Å². The minimum atomic E-state index is -0.0821. The summed E-state index contributed by atoms with van der Waals surface area (Å²) in [6.45, 7) is 6.45. The van der Waals surface area contributed by atoms with Crippen molar-refractivity contribution < 1.29 is 9.53 Å². The second kappa shape index (κ2) is 10.3. The Morgan fingerprint density at radius 2 is 1.87 bits per heavy atom. The summed E-state index contributed by atoms with van der Waals surface area (Å²) in [7, 11) is 4.17. The van der Waals surface area contributed by atoms with E-state index in [1.54, 1.807) is 12.1 Å². The molecular formula is C24H32N4O2. The van der Waals surface area contributed by atoms with Gasteiger partial charge in [-0.15, -0.1) is 0 Å². The van der Waals surface area contributed by atoms with Crippen LogP contribution in [0.4, 0.5) is 0 Å². The van der Waals surface area contributed by atoms with E-state index in [9.17, 15) is 4.79 Å². The highest BCUT2D eigenvalue weighted by Crippen LogP contribution is 2.17. The number of para-hydroxylation sites is 2. The third-order valence-corrected chi connectivity index (χ3v) is 4.84. The first kappa shape index (κ1) is 21.8. The summed E-state index contributed by atoms with van der Waals surface area (Å²) in [4.78, 5) is 19.5. The minimum Gasteiger partial charge on any atom is -0.491 e. The highest BCUT2D eigenvalue weighted by molar-refractivity contribution is 5.94.